The Morgan fingerprint density at radius 3 is 2.46 bits per heavy atom. The van der Waals surface area contributed by atoms with Crippen LogP contribution in [0.1, 0.15) is 49.8 Å². The minimum Gasteiger partial charge on any atom is -0.497 e. The van der Waals surface area contributed by atoms with Crippen LogP contribution >= 0.6 is 0 Å². The molecule has 9 nitrogen and oxygen atoms in total. The number of methoxy groups -OCH3 is 1. The molecule has 3 atom stereocenters. The second-order valence-corrected chi connectivity index (χ2v) is 9.34. The van der Waals surface area contributed by atoms with E-state index in [0.29, 0.717) is 50.0 Å². The Hall–Kier alpha value is -3.46. The van der Waals surface area contributed by atoms with Crippen molar-refractivity contribution in [3.63, 3.8) is 0 Å². The molecule has 0 spiro atoms. The molecule has 2 aliphatic heterocycles. The zero-order valence-corrected chi connectivity index (χ0v) is 21.7. The number of carbonyl (C=O) groups is 2. The van der Waals surface area contributed by atoms with Gasteiger partial charge in [-0.1, -0.05) is 31.5 Å². The highest BCUT2D eigenvalue weighted by Gasteiger charge is 2.47. The van der Waals surface area contributed by atoms with Gasteiger partial charge in [-0.3, -0.25) is 9.69 Å². The fourth-order valence-electron chi connectivity index (χ4n) is 5.25. The van der Waals surface area contributed by atoms with Gasteiger partial charge in [0.2, 0.25) is 6.79 Å². The Bertz CT molecular complexity index is 1070. The molecule has 1 saturated heterocycles. The van der Waals surface area contributed by atoms with Crippen molar-refractivity contribution in [3.05, 3.63) is 53.6 Å². The molecule has 1 amide bonds. The fourth-order valence-corrected chi connectivity index (χ4v) is 5.25. The first-order valence-corrected chi connectivity index (χ1v) is 12.9. The number of nitrogens with zero attached hydrogens (tertiary/aromatic N) is 2. The molecule has 4 rings (SSSR count). The number of hydrogen-bond donors (Lipinski definition) is 1. The standard InChI is InChI=1S/C28H36N2O7/c1-4-6-13-29(28(33)35-5-2)14-15-30-17-22(20-9-12-23-24(16-20)37-18-36-23)25(27(31)32)26(30)19-7-10-21(34-3)11-8-19/h7-12,16,22,25-26H,4-6,13-15,17-18H2,1-3H3,(H,31,32). The quantitative estimate of drug-likeness (QED) is 0.469. The van der Waals surface area contributed by atoms with E-state index in [2.05, 4.69) is 11.8 Å². The number of carboxylic acid groups (broad SMARTS) is 1. The maximum Gasteiger partial charge on any atom is 0.409 e. The highest BCUT2D eigenvalue weighted by atomic mass is 16.7. The maximum absolute atomic E-state index is 12.8. The van der Waals surface area contributed by atoms with Gasteiger partial charge >= 0.3 is 12.1 Å². The summed E-state index contributed by atoms with van der Waals surface area (Å²) in [7, 11) is 1.60. The Labute approximate surface area is 217 Å². The van der Waals surface area contributed by atoms with Gasteiger partial charge in [-0.2, -0.15) is 0 Å². The summed E-state index contributed by atoms with van der Waals surface area (Å²) in [6, 6.07) is 12.8. The molecule has 0 aromatic heterocycles. The van der Waals surface area contributed by atoms with Gasteiger partial charge in [0.05, 0.1) is 19.6 Å². The number of ether oxygens (including phenoxy) is 4. The number of unbranched alkanes of at least 4 members (excludes halogenated alkanes) is 1. The minimum absolute atomic E-state index is 0.161. The van der Waals surface area contributed by atoms with Crippen molar-refractivity contribution in [2.75, 3.05) is 46.7 Å². The fraction of sp³-hybridized carbons (Fsp3) is 0.500. The lowest BCUT2D eigenvalue weighted by molar-refractivity contribution is -0.143. The Morgan fingerprint density at radius 2 is 1.78 bits per heavy atom. The number of hydrogen-bond acceptors (Lipinski definition) is 7. The molecular weight excluding hydrogens is 476 g/mol. The molecule has 0 radical (unpaired) electrons. The summed E-state index contributed by atoms with van der Waals surface area (Å²) in [6.45, 7) is 6.44. The molecule has 2 heterocycles. The van der Waals surface area contributed by atoms with E-state index in [1.54, 1.807) is 18.9 Å². The number of carbonyl (C=O) groups excluding carboxylic acids is 1. The molecule has 1 fully saturated rings. The molecule has 3 unspecified atom stereocenters. The number of carboxylic acids is 1. The second-order valence-electron chi connectivity index (χ2n) is 9.34. The lowest BCUT2D eigenvalue weighted by atomic mass is 9.82. The first-order chi connectivity index (χ1) is 18.0. The van der Waals surface area contributed by atoms with Gasteiger partial charge < -0.3 is 29.0 Å². The largest absolute Gasteiger partial charge is 0.497 e. The van der Waals surface area contributed by atoms with E-state index >= 15 is 0 Å². The number of fused-ring (bicyclic) bond motifs is 1. The zero-order chi connectivity index (χ0) is 26.4. The molecule has 0 saturated carbocycles. The molecule has 2 aliphatic rings. The van der Waals surface area contributed by atoms with Crippen LogP contribution in [0.25, 0.3) is 0 Å². The Morgan fingerprint density at radius 1 is 1.05 bits per heavy atom. The van der Waals surface area contributed by atoms with Crippen LogP contribution in [0.3, 0.4) is 0 Å². The van der Waals surface area contributed by atoms with Crippen LogP contribution in [0.15, 0.2) is 42.5 Å². The van der Waals surface area contributed by atoms with Crippen molar-refractivity contribution in [2.45, 2.75) is 38.6 Å². The third-order valence-corrected chi connectivity index (χ3v) is 7.13. The molecule has 0 bridgehead atoms. The number of aliphatic carboxylic acids is 1. The van der Waals surface area contributed by atoms with E-state index in [0.717, 1.165) is 24.0 Å². The minimum atomic E-state index is -0.862. The van der Waals surface area contributed by atoms with E-state index in [4.69, 9.17) is 18.9 Å². The highest BCUT2D eigenvalue weighted by Crippen LogP contribution is 2.47. The van der Waals surface area contributed by atoms with Crippen LogP contribution in [0.2, 0.25) is 0 Å². The van der Waals surface area contributed by atoms with Gasteiger partial charge in [-0.05, 0) is 48.7 Å². The van der Waals surface area contributed by atoms with E-state index < -0.39 is 11.9 Å². The number of rotatable bonds is 11. The second kappa shape index (κ2) is 12.2. The summed E-state index contributed by atoms with van der Waals surface area (Å²) in [5.74, 6) is 0.179. The summed E-state index contributed by atoms with van der Waals surface area (Å²) in [4.78, 5) is 29.2. The maximum atomic E-state index is 12.8. The Kier molecular flexibility index (Phi) is 8.76. The average Bonchev–Trinajstić information content (AvgIpc) is 3.53. The molecule has 1 N–H and O–H groups in total. The summed E-state index contributed by atoms with van der Waals surface area (Å²) < 4.78 is 21.6. The third kappa shape index (κ3) is 5.93. The topological polar surface area (TPSA) is 97.8 Å². The zero-order valence-electron chi connectivity index (χ0n) is 21.7. The van der Waals surface area contributed by atoms with Gasteiger partial charge in [0.1, 0.15) is 5.75 Å². The van der Waals surface area contributed by atoms with E-state index in [9.17, 15) is 14.7 Å². The van der Waals surface area contributed by atoms with E-state index in [1.165, 1.54) is 0 Å². The van der Waals surface area contributed by atoms with Crippen LogP contribution in [-0.4, -0.2) is 73.7 Å². The smallest absolute Gasteiger partial charge is 0.409 e. The van der Waals surface area contributed by atoms with Gasteiger partial charge in [-0.25, -0.2) is 4.79 Å². The van der Waals surface area contributed by atoms with Gasteiger partial charge in [0.15, 0.2) is 11.5 Å². The molecular formula is C28H36N2O7. The summed E-state index contributed by atoms with van der Waals surface area (Å²) in [5, 5.41) is 10.4. The van der Waals surface area contributed by atoms with Crippen molar-refractivity contribution in [1.29, 1.82) is 0 Å². The van der Waals surface area contributed by atoms with Crippen LogP contribution in [-0.2, 0) is 9.53 Å². The summed E-state index contributed by atoms with van der Waals surface area (Å²) in [6.07, 6.45) is 1.50. The van der Waals surface area contributed by atoms with Crippen molar-refractivity contribution < 1.29 is 33.6 Å². The van der Waals surface area contributed by atoms with Gasteiger partial charge in [-0.15, -0.1) is 0 Å². The van der Waals surface area contributed by atoms with E-state index in [-0.39, 0.29) is 24.8 Å². The lowest BCUT2D eigenvalue weighted by Crippen LogP contribution is -2.40. The van der Waals surface area contributed by atoms with Crippen molar-refractivity contribution >= 4 is 12.1 Å². The van der Waals surface area contributed by atoms with Crippen molar-refractivity contribution in [2.24, 2.45) is 5.92 Å². The molecule has 200 valence electrons. The first-order valence-electron chi connectivity index (χ1n) is 12.9. The van der Waals surface area contributed by atoms with Crippen molar-refractivity contribution in [3.8, 4) is 17.2 Å². The highest BCUT2D eigenvalue weighted by molar-refractivity contribution is 5.74. The summed E-state index contributed by atoms with van der Waals surface area (Å²) in [5.41, 5.74) is 1.79. The van der Waals surface area contributed by atoms with Gasteiger partial charge in [0, 0.05) is 38.1 Å². The molecule has 2 aromatic rings. The number of amides is 1. The molecule has 9 heteroatoms. The lowest BCUT2D eigenvalue weighted by Gasteiger charge is -2.30. The first kappa shape index (κ1) is 26.6. The van der Waals surface area contributed by atoms with Crippen LogP contribution < -0.4 is 14.2 Å². The monoisotopic (exact) mass is 512 g/mol. The number of benzene rings is 2. The number of likely N-dealkylation sites (tertiary alicyclic amines) is 1. The van der Waals surface area contributed by atoms with Crippen LogP contribution in [0, 0.1) is 5.92 Å². The summed E-state index contributed by atoms with van der Waals surface area (Å²) >= 11 is 0. The third-order valence-electron chi connectivity index (χ3n) is 7.13. The molecule has 0 aliphatic carbocycles. The van der Waals surface area contributed by atoms with Crippen LogP contribution in [0.5, 0.6) is 17.2 Å². The van der Waals surface area contributed by atoms with Gasteiger partial charge in [0.25, 0.3) is 0 Å². The average molecular weight is 513 g/mol. The molecule has 2 aromatic carbocycles. The normalized spacial score (nSPS) is 20.6. The predicted octanol–water partition coefficient (Wildman–Crippen LogP) is 4.52. The van der Waals surface area contributed by atoms with E-state index in [1.807, 2.05) is 42.5 Å². The predicted molar refractivity (Wildman–Crippen MR) is 137 cm³/mol. The van der Waals surface area contributed by atoms with Crippen LogP contribution in [0.4, 0.5) is 4.79 Å². The molecule has 37 heavy (non-hydrogen) atoms. The van der Waals surface area contributed by atoms with Crippen molar-refractivity contribution in [1.82, 2.24) is 9.80 Å². The Balaban J connectivity index is 1.65. The SMILES string of the molecule is CCCCN(CCN1CC(c2ccc3c(c2)OCO3)C(C(=O)O)C1c1ccc(OC)cc1)C(=O)OCC.